The van der Waals surface area contributed by atoms with Crippen LogP contribution in [0.15, 0.2) is 12.1 Å². The van der Waals surface area contributed by atoms with E-state index in [1.165, 1.54) is 13.2 Å². The minimum absolute atomic E-state index is 0.115. The van der Waals surface area contributed by atoms with Gasteiger partial charge in [-0.2, -0.15) is 5.10 Å². The third kappa shape index (κ3) is 3.90. The van der Waals surface area contributed by atoms with Crippen LogP contribution in [-0.2, 0) is 13.0 Å². The number of H-pyrrole nitrogens is 1. The van der Waals surface area contributed by atoms with Crippen LogP contribution in [-0.4, -0.2) is 46.3 Å². The third-order valence-electron chi connectivity index (χ3n) is 4.63. The molecular weight excluding hydrogens is 348 g/mol. The lowest BCUT2D eigenvalue weighted by atomic mass is 10.00. The van der Waals surface area contributed by atoms with Gasteiger partial charge in [0, 0.05) is 42.4 Å². The maximum absolute atomic E-state index is 11.7. The molecule has 0 radical (unpaired) electrons. The highest BCUT2D eigenvalue weighted by atomic mass is 16.6. The first-order valence-electron chi connectivity index (χ1n) is 9.26. The number of ether oxygens (including phenoxy) is 2. The molecule has 0 unspecified atom stereocenters. The predicted molar refractivity (Wildman–Crippen MR) is 102 cm³/mol. The van der Waals surface area contributed by atoms with Gasteiger partial charge < -0.3 is 9.47 Å². The second kappa shape index (κ2) is 7.96. The SMILES string of the molecule is CCCN1CCc2[nH]nc(-c3cc(OC)c(OC(C)C)c([N+](=O)[O-])c3)c2C1. The molecule has 8 nitrogen and oxygen atoms in total. The number of rotatable bonds is 7. The van der Waals surface area contributed by atoms with Crippen molar-refractivity contribution in [1.29, 1.82) is 0 Å². The van der Waals surface area contributed by atoms with E-state index in [-0.39, 0.29) is 17.5 Å². The molecule has 0 saturated carbocycles. The van der Waals surface area contributed by atoms with Crippen LogP contribution in [0, 0.1) is 10.1 Å². The number of hydrogen-bond donors (Lipinski definition) is 1. The van der Waals surface area contributed by atoms with E-state index in [0.29, 0.717) is 11.3 Å². The molecule has 0 spiro atoms. The van der Waals surface area contributed by atoms with Crippen molar-refractivity contribution in [3.05, 3.63) is 33.5 Å². The topological polar surface area (TPSA) is 93.5 Å². The molecule has 0 bridgehead atoms. The Kier molecular flexibility index (Phi) is 5.65. The van der Waals surface area contributed by atoms with Gasteiger partial charge in [-0.3, -0.25) is 20.1 Å². The van der Waals surface area contributed by atoms with Crippen LogP contribution in [0.2, 0.25) is 0 Å². The van der Waals surface area contributed by atoms with Crippen molar-refractivity contribution in [3.63, 3.8) is 0 Å². The largest absolute Gasteiger partial charge is 0.493 e. The first kappa shape index (κ1) is 19.2. The molecule has 0 fully saturated rings. The average molecular weight is 374 g/mol. The lowest BCUT2D eigenvalue weighted by Gasteiger charge is -2.26. The Labute approximate surface area is 158 Å². The summed E-state index contributed by atoms with van der Waals surface area (Å²) in [5, 5.41) is 19.2. The van der Waals surface area contributed by atoms with E-state index in [9.17, 15) is 10.1 Å². The summed E-state index contributed by atoms with van der Waals surface area (Å²) in [5.74, 6) is 0.490. The summed E-state index contributed by atoms with van der Waals surface area (Å²) in [7, 11) is 1.49. The van der Waals surface area contributed by atoms with Gasteiger partial charge in [-0.1, -0.05) is 6.92 Å². The second-order valence-corrected chi connectivity index (χ2v) is 7.01. The Morgan fingerprint density at radius 3 is 2.81 bits per heavy atom. The van der Waals surface area contributed by atoms with E-state index < -0.39 is 4.92 Å². The smallest absolute Gasteiger partial charge is 0.315 e. The van der Waals surface area contributed by atoms with Crippen LogP contribution in [0.5, 0.6) is 11.5 Å². The summed E-state index contributed by atoms with van der Waals surface area (Å²) < 4.78 is 11.1. The molecule has 1 aromatic carbocycles. The van der Waals surface area contributed by atoms with E-state index in [1.807, 2.05) is 13.8 Å². The van der Waals surface area contributed by atoms with Gasteiger partial charge in [0.05, 0.1) is 23.8 Å². The molecule has 1 aliphatic rings. The lowest BCUT2D eigenvalue weighted by Crippen LogP contribution is -2.31. The zero-order chi connectivity index (χ0) is 19.6. The quantitative estimate of drug-likeness (QED) is 0.588. The fourth-order valence-corrected chi connectivity index (χ4v) is 3.46. The second-order valence-electron chi connectivity index (χ2n) is 7.01. The highest BCUT2D eigenvalue weighted by Crippen LogP contribution is 2.42. The number of nitrogens with one attached hydrogen (secondary N) is 1. The highest BCUT2D eigenvalue weighted by molar-refractivity contribution is 5.73. The maximum Gasteiger partial charge on any atom is 0.315 e. The molecule has 1 N–H and O–H groups in total. The monoisotopic (exact) mass is 374 g/mol. The van der Waals surface area contributed by atoms with Crippen molar-refractivity contribution in [3.8, 4) is 22.8 Å². The molecule has 1 aliphatic heterocycles. The van der Waals surface area contributed by atoms with Crippen molar-refractivity contribution < 1.29 is 14.4 Å². The molecule has 0 atom stereocenters. The van der Waals surface area contributed by atoms with Crippen LogP contribution in [0.1, 0.15) is 38.4 Å². The number of methoxy groups -OCH3 is 1. The van der Waals surface area contributed by atoms with Gasteiger partial charge in [-0.05, 0) is 32.9 Å². The molecule has 0 saturated heterocycles. The highest BCUT2D eigenvalue weighted by Gasteiger charge is 2.27. The van der Waals surface area contributed by atoms with Crippen molar-refractivity contribution in [2.75, 3.05) is 20.2 Å². The van der Waals surface area contributed by atoms with Gasteiger partial charge in [0.25, 0.3) is 0 Å². The molecule has 3 rings (SSSR count). The van der Waals surface area contributed by atoms with Crippen molar-refractivity contribution >= 4 is 5.69 Å². The molecular formula is C19H26N4O4. The number of aromatic nitrogens is 2. The number of nitro benzene ring substituents is 1. The van der Waals surface area contributed by atoms with Crippen LogP contribution >= 0.6 is 0 Å². The summed E-state index contributed by atoms with van der Waals surface area (Å²) in [6.07, 6.45) is 1.78. The van der Waals surface area contributed by atoms with Gasteiger partial charge in [0.15, 0.2) is 5.75 Å². The van der Waals surface area contributed by atoms with Gasteiger partial charge in [-0.25, -0.2) is 0 Å². The van der Waals surface area contributed by atoms with E-state index in [2.05, 4.69) is 22.0 Å². The third-order valence-corrected chi connectivity index (χ3v) is 4.63. The van der Waals surface area contributed by atoms with E-state index >= 15 is 0 Å². The molecule has 0 amide bonds. The minimum atomic E-state index is -0.438. The molecule has 27 heavy (non-hydrogen) atoms. The van der Waals surface area contributed by atoms with E-state index in [1.54, 1.807) is 6.07 Å². The molecule has 146 valence electrons. The Hall–Kier alpha value is -2.61. The number of fused-ring (bicyclic) bond motifs is 1. The fourth-order valence-electron chi connectivity index (χ4n) is 3.46. The van der Waals surface area contributed by atoms with Gasteiger partial charge in [-0.15, -0.1) is 0 Å². The first-order valence-corrected chi connectivity index (χ1v) is 9.26. The number of nitrogens with zero attached hydrogens (tertiary/aromatic N) is 3. The van der Waals surface area contributed by atoms with Crippen molar-refractivity contribution in [2.45, 2.75) is 46.3 Å². The lowest BCUT2D eigenvalue weighted by molar-refractivity contribution is -0.386. The van der Waals surface area contributed by atoms with Gasteiger partial charge in [0.2, 0.25) is 5.75 Å². The van der Waals surface area contributed by atoms with Crippen LogP contribution in [0.3, 0.4) is 0 Å². The molecule has 0 aliphatic carbocycles. The Balaban J connectivity index is 2.07. The number of hydrogen-bond acceptors (Lipinski definition) is 6. The first-order chi connectivity index (χ1) is 12.9. The number of nitro groups is 1. The summed E-state index contributed by atoms with van der Waals surface area (Å²) in [6.45, 7) is 8.61. The number of benzene rings is 1. The summed E-state index contributed by atoms with van der Waals surface area (Å²) in [5.41, 5.74) is 3.48. The Morgan fingerprint density at radius 2 is 2.19 bits per heavy atom. The predicted octanol–water partition coefficient (Wildman–Crippen LogP) is 3.55. The van der Waals surface area contributed by atoms with Gasteiger partial charge >= 0.3 is 5.69 Å². The van der Waals surface area contributed by atoms with Crippen LogP contribution in [0.25, 0.3) is 11.3 Å². The maximum atomic E-state index is 11.7. The molecule has 8 heteroatoms. The van der Waals surface area contributed by atoms with Crippen molar-refractivity contribution in [1.82, 2.24) is 15.1 Å². The van der Waals surface area contributed by atoms with E-state index in [0.717, 1.165) is 49.4 Å². The summed E-state index contributed by atoms with van der Waals surface area (Å²) >= 11 is 0. The fraction of sp³-hybridized carbons (Fsp3) is 0.526. The molecule has 2 aromatic rings. The minimum Gasteiger partial charge on any atom is -0.493 e. The zero-order valence-corrected chi connectivity index (χ0v) is 16.2. The standard InChI is InChI=1S/C19H26N4O4/c1-5-7-22-8-6-15-14(11-22)18(21-20-15)13-9-16(23(24)25)19(27-12(2)3)17(10-13)26-4/h9-10,12H,5-8,11H2,1-4H3,(H,20,21). The molecule has 1 aromatic heterocycles. The Morgan fingerprint density at radius 1 is 1.41 bits per heavy atom. The van der Waals surface area contributed by atoms with Crippen LogP contribution < -0.4 is 9.47 Å². The summed E-state index contributed by atoms with van der Waals surface area (Å²) in [4.78, 5) is 13.6. The van der Waals surface area contributed by atoms with Gasteiger partial charge in [0.1, 0.15) is 0 Å². The Bertz CT molecular complexity index is 831. The normalized spacial score (nSPS) is 14.3. The average Bonchev–Trinajstić information content (AvgIpc) is 3.04. The van der Waals surface area contributed by atoms with Crippen LogP contribution in [0.4, 0.5) is 5.69 Å². The van der Waals surface area contributed by atoms with E-state index in [4.69, 9.17) is 9.47 Å². The number of aromatic amines is 1. The van der Waals surface area contributed by atoms with Crippen molar-refractivity contribution in [2.24, 2.45) is 0 Å². The zero-order valence-electron chi connectivity index (χ0n) is 16.2. The molecule has 2 heterocycles. The summed E-state index contributed by atoms with van der Waals surface area (Å²) in [6, 6.07) is 3.29.